The number of hydrogen-bond acceptors (Lipinski definition) is 0. The van der Waals surface area contributed by atoms with Gasteiger partial charge in [-0.25, -0.2) is 0 Å². The van der Waals surface area contributed by atoms with E-state index in [1.54, 1.807) is 0 Å². The Hall–Kier alpha value is -1.02. The van der Waals surface area contributed by atoms with E-state index in [-0.39, 0.29) is 30.7 Å². The van der Waals surface area contributed by atoms with Crippen molar-refractivity contribution in [2.75, 3.05) is 0 Å². The first-order valence-corrected chi connectivity index (χ1v) is 13.5. The molecule has 4 aromatic rings. The minimum atomic E-state index is -0.815. The van der Waals surface area contributed by atoms with Crippen LogP contribution < -0.4 is 21.2 Å². The average Bonchev–Trinajstić information content (AvgIpc) is 2.82. The van der Waals surface area contributed by atoms with E-state index in [9.17, 15) is 0 Å². The van der Waals surface area contributed by atoms with E-state index >= 15 is 0 Å². The molecule has 0 N–H and O–H groups in total. The Morgan fingerprint density at radius 2 is 0.581 bits per heavy atom. The molecule has 0 aliphatic carbocycles. The Labute approximate surface area is 211 Å². The van der Waals surface area contributed by atoms with Gasteiger partial charge in [0.1, 0.15) is 0 Å². The number of hydrogen-bond donors (Lipinski definition) is 0. The van der Waals surface area contributed by atoms with Crippen molar-refractivity contribution < 1.29 is 20.4 Å². The molecule has 4 aromatic carbocycles. The molecule has 0 saturated carbocycles. The largest absolute Gasteiger partial charge is 2.00 e. The molecule has 0 heterocycles. The molecule has 0 aliphatic heterocycles. The van der Waals surface area contributed by atoms with E-state index in [1.165, 1.54) is 21.2 Å². The van der Waals surface area contributed by atoms with Crippen LogP contribution in [0, 0.1) is 0 Å². The van der Waals surface area contributed by atoms with Crippen molar-refractivity contribution in [3.63, 3.8) is 0 Å². The molecule has 5 heteroatoms. The second kappa shape index (κ2) is 12.3. The van der Waals surface area contributed by atoms with Gasteiger partial charge in [-0.15, -0.1) is 23.2 Å². The first-order valence-electron chi connectivity index (χ1n) is 9.82. The summed E-state index contributed by atoms with van der Waals surface area (Å²) >= 11 is 14.5. The monoisotopic (exact) mass is 572 g/mol. The summed E-state index contributed by atoms with van der Waals surface area (Å²) in [6, 6.07) is 42.2. The maximum Gasteiger partial charge on any atom is 2.00 e. The van der Waals surface area contributed by atoms with Crippen LogP contribution in [0.3, 0.4) is 0 Å². The maximum atomic E-state index is 7.27. The molecule has 31 heavy (non-hydrogen) atoms. The van der Waals surface area contributed by atoms with Crippen LogP contribution in [-0.4, -0.2) is 10.2 Å². The minimum absolute atomic E-state index is 0. The molecule has 0 aliphatic rings. The van der Waals surface area contributed by atoms with E-state index in [0.29, 0.717) is 0 Å². The predicted molar refractivity (Wildman–Crippen MR) is 137 cm³/mol. The molecule has 0 bridgehead atoms. The SMILES string of the molecule is ClC(C(Cl)P(c1ccccc1)c1ccccc1)P(c1ccccc1)c1ccccc1.[Pd+2]. The van der Waals surface area contributed by atoms with Gasteiger partial charge < -0.3 is 0 Å². The summed E-state index contributed by atoms with van der Waals surface area (Å²) in [6.45, 7) is 0. The van der Waals surface area contributed by atoms with Gasteiger partial charge in [0.2, 0.25) is 0 Å². The minimum Gasteiger partial charge on any atom is -0.115 e. The van der Waals surface area contributed by atoms with Crippen LogP contribution >= 0.6 is 39.0 Å². The third kappa shape index (κ3) is 6.07. The Morgan fingerprint density at radius 3 is 0.774 bits per heavy atom. The molecule has 0 radical (unpaired) electrons. The molecule has 0 spiro atoms. The molecule has 0 fully saturated rings. The number of halogens is 2. The zero-order chi connectivity index (χ0) is 20.8. The fourth-order valence-electron chi connectivity index (χ4n) is 3.47. The van der Waals surface area contributed by atoms with Crippen molar-refractivity contribution in [2.45, 2.75) is 10.2 Å². The van der Waals surface area contributed by atoms with E-state index in [4.69, 9.17) is 23.2 Å². The number of alkyl halides is 2. The summed E-state index contributed by atoms with van der Waals surface area (Å²) in [5, 5.41) is 4.58. The molecular formula is C26H22Cl2P2Pd+2. The standard InChI is InChI=1S/C26H22Cl2P2.Pd/c27-25(29(21-13-5-1-6-14-21)22-15-7-2-8-16-22)26(28)30(23-17-9-3-10-18-23)24-19-11-4-12-20-24;/h1-20,25-26H;/q;+2. The quantitative estimate of drug-likeness (QED) is 0.137. The van der Waals surface area contributed by atoms with Crippen LogP contribution in [0.25, 0.3) is 0 Å². The van der Waals surface area contributed by atoms with Crippen LogP contribution in [0.5, 0.6) is 0 Å². The summed E-state index contributed by atoms with van der Waals surface area (Å²) in [6.07, 6.45) is 0. The zero-order valence-electron chi connectivity index (χ0n) is 16.7. The van der Waals surface area contributed by atoms with Gasteiger partial charge >= 0.3 is 20.4 Å². The first kappa shape index (κ1) is 24.6. The molecule has 2 unspecified atom stereocenters. The maximum absolute atomic E-state index is 7.27. The summed E-state index contributed by atoms with van der Waals surface area (Å²) < 4.78 is 0. The molecule has 0 amide bonds. The molecule has 0 nitrogen and oxygen atoms in total. The van der Waals surface area contributed by atoms with Crippen LogP contribution in [0.2, 0.25) is 0 Å². The molecule has 2 atom stereocenters. The first-order chi connectivity index (χ1) is 14.8. The second-order valence-electron chi connectivity index (χ2n) is 6.83. The number of benzene rings is 4. The zero-order valence-corrected chi connectivity index (χ0v) is 21.5. The van der Waals surface area contributed by atoms with Gasteiger partial charge in [-0.1, -0.05) is 121 Å². The molecule has 0 saturated heterocycles. The summed E-state index contributed by atoms with van der Waals surface area (Å²) in [5.74, 6) is 0. The second-order valence-corrected chi connectivity index (χ2v) is 13.0. The van der Waals surface area contributed by atoms with Crippen LogP contribution in [0.15, 0.2) is 121 Å². The fraction of sp³-hybridized carbons (Fsp3) is 0.0769. The molecule has 4 rings (SSSR count). The normalized spacial score (nSPS) is 12.9. The van der Waals surface area contributed by atoms with Crippen molar-refractivity contribution in [3.05, 3.63) is 121 Å². The van der Waals surface area contributed by atoms with Gasteiger partial charge in [-0.3, -0.25) is 0 Å². The van der Waals surface area contributed by atoms with E-state index in [0.717, 1.165) is 0 Å². The molecule has 0 aromatic heterocycles. The van der Waals surface area contributed by atoms with Crippen LogP contribution in [0.1, 0.15) is 0 Å². The van der Waals surface area contributed by atoms with E-state index < -0.39 is 15.8 Å². The predicted octanol–water partition coefficient (Wildman–Crippen LogP) is 6.38. The van der Waals surface area contributed by atoms with Gasteiger partial charge in [0.15, 0.2) is 0 Å². The Bertz CT molecular complexity index is 868. The van der Waals surface area contributed by atoms with Gasteiger partial charge in [-0.05, 0) is 37.1 Å². The van der Waals surface area contributed by atoms with Crippen molar-refractivity contribution in [1.29, 1.82) is 0 Å². The van der Waals surface area contributed by atoms with Gasteiger partial charge in [0, 0.05) is 0 Å². The Balaban J connectivity index is 0.00000272. The van der Waals surface area contributed by atoms with Crippen molar-refractivity contribution in [2.24, 2.45) is 0 Å². The van der Waals surface area contributed by atoms with Gasteiger partial charge in [0.05, 0.1) is 10.2 Å². The van der Waals surface area contributed by atoms with Crippen molar-refractivity contribution >= 4 is 60.3 Å². The summed E-state index contributed by atoms with van der Waals surface area (Å²) in [5.41, 5.74) is 0. The summed E-state index contributed by atoms with van der Waals surface area (Å²) in [4.78, 5) is 0. The number of rotatable bonds is 7. The summed E-state index contributed by atoms with van der Waals surface area (Å²) in [7, 11) is -1.63. The Kier molecular flexibility index (Phi) is 9.76. The van der Waals surface area contributed by atoms with E-state index in [2.05, 4.69) is 97.1 Å². The van der Waals surface area contributed by atoms with Crippen molar-refractivity contribution in [1.82, 2.24) is 0 Å². The van der Waals surface area contributed by atoms with E-state index in [1.807, 2.05) is 24.3 Å². The average molecular weight is 574 g/mol. The topological polar surface area (TPSA) is 0 Å². The smallest absolute Gasteiger partial charge is 0.115 e. The van der Waals surface area contributed by atoms with Crippen LogP contribution in [-0.2, 0) is 20.4 Å². The van der Waals surface area contributed by atoms with Crippen molar-refractivity contribution in [3.8, 4) is 0 Å². The van der Waals surface area contributed by atoms with Crippen LogP contribution in [0.4, 0.5) is 0 Å². The molecule has 158 valence electrons. The van der Waals surface area contributed by atoms with Gasteiger partial charge in [-0.2, -0.15) is 0 Å². The molecular weight excluding hydrogens is 552 g/mol. The Morgan fingerprint density at radius 1 is 0.387 bits per heavy atom. The third-order valence-electron chi connectivity index (χ3n) is 4.86. The third-order valence-corrected chi connectivity index (χ3v) is 12.2. The van der Waals surface area contributed by atoms with Gasteiger partial charge in [0.25, 0.3) is 0 Å². The fourth-order valence-corrected chi connectivity index (χ4v) is 10.5.